The Morgan fingerprint density at radius 1 is 0.766 bits per heavy atom. The third-order valence-electron chi connectivity index (χ3n) is 8.59. The molecule has 246 valence electrons. The van der Waals surface area contributed by atoms with Crippen LogP contribution >= 0.6 is 0 Å². The summed E-state index contributed by atoms with van der Waals surface area (Å²) in [5, 5.41) is 3.09. The first-order valence-corrected chi connectivity index (χ1v) is 17.6. The maximum absolute atomic E-state index is 14.0. The van der Waals surface area contributed by atoms with Crippen LogP contribution in [0, 0.1) is 0 Å². The Hall–Kier alpha value is -4.47. The SMILES string of the molecule is COc1ccc(CCNC(=O)C(Cc2ccccc2)N(Cc2ccccc2)C(=O)CCc2ccc(S(=O)(=O)N3CCCC3)cc2)cc1. The normalized spacial score (nSPS) is 14.0. The Kier molecular flexibility index (Phi) is 11.8. The van der Waals surface area contributed by atoms with Gasteiger partial charge in [-0.1, -0.05) is 84.9 Å². The molecule has 0 radical (unpaired) electrons. The zero-order valence-corrected chi connectivity index (χ0v) is 27.7. The molecule has 0 aromatic heterocycles. The highest BCUT2D eigenvalue weighted by molar-refractivity contribution is 7.89. The summed E-state index contributed by atoms with van der Waals surface area (Å²) in [6, 6.07) is 33.3. The van der Waals surface area contributed by atoms with Crippen molar-refractivity contribution in [1.29, 1.82) is 0 Å². The number of carbonyl (C=O) groups excluding carboxylic acids is 2. The van der Waals surface area contributed by atoms with Crippen molar-refractivity contribution in [1.82, 2.24) is 14.5 Å². The summed E-state index contributed by atoms with van der Waals surface area (Å²) in [5.41, 5.74) is 3.83. The second-order valence-corrected chi connectivity index (χ2v) is 13.8. The lowest BCUT2D eigenvalue weighted by Crippen LogP contribution is -2.50. The van der Waals surface area contributed by atoms with Gasteiger partial charge in [-0.25, -0.2) is 8.42 Å². The minimum absolute atomic E-state index is 0.145. The number of aryl methyl sites for hydroxylation is 1. The minimum atomic E-state index is -3.51. The molecule has 1 N–H and O–H groups in total. The summed E-state index contributed by atoms with van der Waals surface area (Å²) in [6.45, 7) is 1.82. The first kappa shape index (κ1) is 33.9. The number of nitrogens with one attached hydrogen (secondary N) is 1. The van der Waals surface area contributed by atoms with Gasteiger partial charge in [-0.3, -0.25) is 9.59 Å². The molecule has 1 unspecified atom stereocenters. The molecular formula is C38H43N3O5S. The number of hydrogen-bond donors (Lipinski definition) is 1. The zero-order chi connectivity index (χ0) is 33.1. The Balaban J connectivity index is 1.32. The Labute approximate surface area is 278 Å². The molecule has 5 rings (SSSR count). The molecule has 4 aromatic carbocycles. The maximum Gasteiger partial charge on any atom is 0.243 e. The molecule has 1 heterocycles. The molecule has 1 aliphatic heterocycles. The summed E-state index contributed by atoms with van der Waals surface area (Å²) in [7, 11) is -1.88. The van der Waals surface area contributed by atoms with E-state index in [4.69, 9.17) is 4.74 Å². The van der Waals surface area contributed by atoms with Crippen LogP contribution in [-0.2, 0) is 45.4 Å². The molecule has 1 fully saturated rings. The fourth-order valence-corrected chi connectivity index (χ4v) is 7.39. The summed E-state index contributed by atoms with van der Waals surface area (Å²) in [6.07, 6.45) is 3.37. The van der Waals surface area contributed by atoms with E-state index in [-0.39, 0.29) is 29.7 Å². The fraction of sp³-hybridized carbons (Fsp3) is 0.316. The molecule has 9 heteroatoms. The second kappa shape index (κ2) is 16.4. The molecule has 47 heavy (non-hydrogen) atoms. The molecule has 8 nitrogen and oxygen atoms in total. The van der Waals surface area contributed by atoms with Gasteiger partial charge in [0.25, 0.3) is 0 Å². The van der Waals surface area contributed by atoms with Gasteiger partial charge < -0.3 is 15.0 Å². The predicted molar refractivity (Wildman–Crippen MR) is 183 cm³/mol. The molecule has 4 aromatic rings. The van der Waals surface area contributed by atoms with Crippen LogP contribution in [0.3, 0.4) is 0 Å². The third kappa shape index (κ3) is 9.30. The number of carbonyl (C=O) groups is 2. The van der Waals surface area contributed by atoms with E-state index in [1.165, 1.54) is 4.31 Å². The molecule has 0 bridgehead atoms. The average molecular weight is 654 g/mol. The fourth-order valence-electron chi connectivity index (χ4n) is 5.87. The molecule has 0 saturated carbocycles. The minimum Gasteiger partial charge on any atom is -0.497 e. The first-order valence-electron chi connectivity index (χ1n) is 16.2. The highest BCUT2D eigenvalue weighted by Gasteiger charge is 2.30. The van der Waals surface area contributed by atoms with Crippen LogP contribution < -0.4 is 10.1 Å². The highest BCUT2D eigenvalue weighted by Crippen LogP contribution is 2.22. The Morgan fingerprint density at radius 2 is 1.34 bits per heavy atom. The van der Waals surface area contributed by atoms with Gasteiger partial charge in [0, 0.05) is 39.0 Å². The Morgan fingerprint density at radius 3 is 1.96 bits per heavy atom. The van der Waals surface area contributed by atoms with Gasteiger partial charge in [-0.15, -0.1) is 0 Å². The standard InChI is InChI=1S/C38H43N3O5S/c1-46-34-19-14-31(15-20-34)24-25-39-38(43)36(28-32-10-4-2-5-11-32)41(29-33-12-6-3-7-13-33)37(42)23-18-30-16-21-35(22-17-30)47(44,45)40-26-8-9-27-40/h2-7,10-17,19-22,36H,8-9,18,23-29H2,1H3,(H,39,43). The average Bonchev–Trinajstić information content (AvgIpc) is 3.67. The van der Waals surface area contributed by atoms with Crippen molar-refractivity contribution in [2.24, 2.45) is 0 Å². The van der Waals surface area contributed by atoms with Crippen LogP contribution in [0.2, 0.25) is 0 Å². The van der Waals surface area contributed by atoms with Crippen LogP contribution in [0.5, 0.6) is 5.75 Å². The van der Waals surface area contributed by atoms with E-state index in [2.05, 4.69) is 5.32 Å². The van der Waals surface area contributed by atoms with Crippen molar-refractivity contribution in [3.63, 3.8) is 0 Å². The van der Waals surface area contributed by atoms with E-state index in [1.54, 1.807) is 36.3 Å². The predicted octanol–water partition coefficient (Wildman–Crippen LogP) is 5.41. The van der Waals surface area contributed by atoms with Crippen LogP contribution in [0.25, 0.3) is 0 Å². The number of nitrogens with zero attached hydrogens (tertiary/aromatic N) is 2. The number of methoxy groups -OCH3 is 1. The Bertz CT molecular complexity index is 1690. The molecule has 2 amide bonds. The summed E-state index contributed by atoms with van der Waals surface area (Å²) >= 11 is 0. The lowest BCUT2D eigenvalue weighted by Gasteiger charge is -2.31. The van der Waals surface area contributed by atoms with Crippen molar-refractivity contribution >= 4 is 21.8 Å². The summed E-state index contributed by atoms with van der Waals surface area (Å²) in [4.78, 5) is 29.9. The summed E-state index contributed by atoms with van der Waals surface area (Å²) < 4.78 is 32.7. The van der Waals surface area contributed by atoms with Gasteiger partial charge in [-0.05, 0) is 72.2 Å². The largest absolute Gasteiger partial charge is 0.497 e. The number of rotatable bonds is 15. The maximum atomic E-state index is 14.0. The molecule has 0 aliphatic carbocycles. The van der Waals surface area contributed by atoms with Crippen molar-refractivity contribution in [3.05, 3.63) is 131 Å². The smallest absolute Gasteiger partial charge is 0.243 e. The van der Waals surface area contributed by atoms with Gasteiger partial charge in [0.2, 0.25) is 21.8 Å². The number of sulfonamides is 1. The lowest BCUT2D eigenvalue weighted by atomic mass is 10.0. The van der Waals surface area contributed by atoms with Gasteiger partial charge in [0.1, 0.15) is 11.8 Å². The number of ether oxygens (including phenoxy) is 1. The van der Waals surface area contributed by atoms with Gasteiger partial charge >= 0.3 is 0 Å². The quantitative estimate of drug-likeness (QED) is 0.185. The van der Waals surface area contributed by atoms with Crippen LogP contribution in [-0.4, -0.2) is 62.2 Å². The molecule has 1 atom stereocenters. The lowest BCUT2D eigenvalue weighted by molar-refractivity contribution is -0.141. The molecular weight excluding hydrogens is 611 g/mol. The van der Waals surface area contributed by atoms with E-state index in [9.17, 15) is 18.0 Å². The van der Waals surface area contributed by atoms with E-state index in [0.29, 0.717) is 38.9 Å². The van der Waals surface area contributed by atoms with Crippen LogP contribution in [0.15, 0.2) is 114 Å². The highest BCUT2D eigenvalue weighted by atomic mass is 32.2. The number of hydrogen-bond acceptors (Lipinski definition) is 5. The van der Waals surface area contributed by atoms with Crippen molar-refractivity contribution in [2.75, 3.05) is 26.7 Å². The molecule has 1 saturated heterocycles. The van der Waals surface area contributed by atoms with E-state index in [0.717, 1.165) is 40.8 Å². The number of benzene rings is 4. The topological polar surface area (TPSA) is 96.0 Å². The van der Waals surface area contributed by atoms with E-state index < -0.39 is 16.1 Å². The third-order valence-corrected chi connectivity index (χ3v) is 10.5. The zero-order valence-electron chi connectivity index (χ0n) is 26.9. The van der Waals surface area contributed by atoms with Crippen molar-refractivity contribution < 1.29 is 22.7 Å². The number of amides is 2. The van der Waals surface area contributed by atoms with Crippen LogP contribution in [0.1, 0.15) is 41.5 Å². The van der Waals surface area contributed by atoms with E-state index >= 15 is 0 Å². The molecule has 0 spiro atoms. The van der Waals surface area contributed by atoms with Crippen molar-refractivity contribution in [3.8, 4) is 5.75 Å². The van der Waals surface area contributed by atoms with Gasteiger partial charge in [0.15, 0.2) is 0 Å². The summed E-state index contributed by atoms with van der Waals surface area (Å²) in [5.74, 6) is 0.427. The van der Waals surface area contributed by atoms with Gasteiger partial charge in [0.05, 0.1) is 12.0 Å². The first-order chi connectivity index (χ1) is 22.8. The van der Waals surface area contributed by atoms with Gasteiger partial charge in [-0.2, -0.15) is 4.31 Å². The second-order valence-electron chi connectivity index (χ2n) is 11.9. The van der Waals surface area contributed by atoms with Crippen molar-refractivity contribution in [2.45, 2.75) is 56.0 Å². The van der Waals surface area contributed by atoms with E-state index in [1.807, 2.05) is 84.9 Å². The molecule has 1 aliphatic rings. The van der Waals surface area contributed by atoms with Crippen LogP contribution in [0.4, 0.5) is 0 Å². The monoisotopic (exact) mass is 653 g/mol.